The minimum absolute atomic E-state index is 0.212. The van der Waals surface area contributed by atoms with E-state index in [9.17, 15) is 4.79 Å². The highest BCUT2D eigenvalue weighted by Gasteiger charge is 2.08. The molecule has 0 fully saturated rings. The van der Waals surface area contributed by atoms with Crippen LogP contribution in [0.4, 0.5) is 5.82 Å². The molecule has 0 aliphatic rings. The average molecular weight is 310 g/mol. The van der Waals surface area contributed by atoms with Crippen molar-refractivity contribution >= 4 is 34.9 Å². The summed E-state index contributed by atoms with van der Waals surface area (Å²) in [6.45, 7) is 0.516. The fraction of sp³-hybridized carbons (Fsp3) is 0.143. The van der Waals surface area contributed by atoms with E-state index >= 15 is 0 Å². The highest BCUT2D eigenvalue weighted by molar-refractivity contribution is 6.33. The summed E-state index contributed by atoms with van der Waals surface area (Å²) in [5.41, 5.74) is 6.98. The van der Waals surface area contributed by atoms with Crippen molar-refractivity contribution < 1.29 is 4.79 Å². The van der Waals surface area contributed by atoms with E-state index in [4.69, 9.17) is 28.9 Å². The van der Waals surface area contributed by atoms with Gasteiger partial charge in [0.05, 0.1) is 10.6 Å². The number of carbonyl (C=O) groups excluding carboxylic acids is 1. The number of rotatable bonds is 4. The fourth-order valence-electron chi connectivity index (χ4n) is 1.65. The van der Waals surface area contributed by atoms with Crippen LogP contribution in [0, 0.1) is 0 Å². The zero-order valence-electron chi connectivity index (χ0n) is 10.6. The van der Waals surface area contributed by atoms with Gasteiger partial charge in [-0.05, 0) is 30.2 Å². The average Bonchev–Trinajstić information content (AvgIpc) is 2.44. The predicted molar refractivity (Wildman–Crippen MR) is 81.1 cm³/mol. The lowest BCUT2D eigenvalue weighted by molar-refractivity contribution is 0.0954. The van der Waals surface area contributed by atoms with Gasteiger partial charge in [-0.25, -0.2) is 4.98 Å². The third-order valence-corrected chi connectivity index (χ3v) is 3.30. The van der Waals surface area contributed by atoms with E-state index in [-0.39, 0.29) is 16.7 Å². The molecule has 0 spiro atoms. The quantitative estimate of drug-likeness (QED) is 0.912. The predicted octanol–water partition coefficient (Wildman–Crippen LogP) is 2.94. The zero-order valence-corrected chi connectivity index (χ0v) is 12.1. The Bertz CT molecular complexity index is 614. The Labute approximate surface area is 126 Å². The largest absolute Gasteiger partial charge is 0.382 e. The molecule has 0 aliphatic heterocycles. The number of nitrogens with two attached hydrogens (primary N) is 1. The van der Waals surface area contributed by atoms with Crippen LogP contribution in [0.3, 0.4) is 0 Å². The van der Waals surface area contributed by atoms with Gasteiger partial charge in [0.1, 0.15) is 5.82 Å². The van der Waals surface area contributed by atoms with Crippen molar-refractivity contribution in [1.82, 2.24) is 10.3 Å². The van der Waals surface area contributed by atoms with Crippen molar-refractivity contribution in [2.24, 2.45) is 0 Å². The second kappa shape index (κ2) is 6.59. The lowest BCUT2D eigenvalue weighted by Gasteiger charge is -2.06. The van der Waals surface area contributed by atoms with Crippen LogP contribution in [0.15, 0.2) is 36.5 Å². The van der Waals surface area contributed by atoms with Gasteiger partial charge < -0.3 is 11.1 Å². The highest BCUT2D eigenvalue weighted by Crippen LogP contribution is 2.16. The summed E-state index contributed by atoms with van der Waals surface area (Å²) >= 11 is 11.6. The number of benzene rings is 1. The van der Waals surface area contributed by atoms with Crippen LogP contribution in [0.1, 0.15) is 15.9 Å². The Morgan fingerprint density at radius 1 is 1.25 bits per heavy atom. The molecule has 1 amide bonds. The Balaban J connectivity index is 1.88. The molecule has 4 nitrogen and oxygen atoms in total. The first-order valence-electron chi connectivity index (χ1n) is 6.00. The number of pyridine rings is 1. The number of nitrogen functional groups attached to an aromatic ring is 1. The summed E-state index contributed by atoms with van der Waals surface area (Å²) < 4.78 is 0. The summed E-state index contributed by atoms with van der Waals surface area (Å²) in [4.78, 5) is 15.7. The van der Waals surface area contributed by atoms with Gasteiger partial charge >= 0.3 is 0 Å². The van der Waals surface area contributed by atoms with Gasteiger partial charge in [-0.1, -0.05) is 35.3 Å². The molecule has 3 N–H and O–H groups in total. The van der Waals surface area contributed by atoms with Crippen molar-refractivity contribution in [1.29, 1.82) is 0 Å². The van der Waals surface area contributed by atoms with Gasteiger partial charge in [0, 0.05) is 17.8 Å². The third-order valence-electron chi connectivity index (χ3n) is 2.74. The van der Waals surface area contributed by atoms with Gasteiger partial charge in [0.2, 0.25) is 0 Å². The number of hydrogen-bond acceptors (Lipinski definition) is 3. The Kier molecular flexibility index (Phi) is 4.82. The maximum absolute atomic E-state index is 11.9. The smallest absolute Gasteiger partial charge is 0.252 e. The fourth-order valence-corrected chi connectivity index (χ4v) is 1.94. The molecule has 0 saturated heterocycles. The molecule has 2 aromatic rings. The summed E-state index contributed by atoms with van der Waals surface area (Å²) in [7, 11) is 0. The van der Waals surface area contributed by atoms with Crippen LogP contribution in [0.5, 0.6) is 0 Å². The molecule has 6 heteroatoms. The molecule has 1 aromatic carbocycles. The van der Waals surface area contributed by atoms with Gasteiger partial charge in [0.15, 0.2) is 0 Å². The molecule has 104 valence electrons. The molecular weight excluding hydrogens is 297 g/mol. The number of halogens is 2. The highest BCUT2D eigenvalue weighted by atomic mass is 35.5. The summed E-state index contributed by atoms with van der Waals surface area (Å²) in [6, 6.07) is 9.00. The lowest BCUT2D eigenvalue weighted by Crippen LogP contribution is -2.25. The number of carbonyl (C=O) groups is 1. The first kappa shape index (κ1) is 14.6. The van der Waals surface area contributed by atoms with Gasteiger partial charge in [-0.2, -0.15) is 0 Å². The van der Waals surface area contributed by atoms with E-state index in [2.05, 4.69) is 10.3 Å². The van der Waals surface area contributed by atoms with E-state index in [1.807, 2.05) is 24.3 Å². The molecule has 0 bridgehead atoms. The Hall–Kier alpha value is -1.78. The standard InChI is InChI=1S/C14H13Cl2N3O/c15-11-3-1-9(2-4-11)5-6-18-14(20)10-7-12(16)13(17)19-8-10/h1-4,7-8H,5-6H2,(H2,17,19)(H,18,20). The SMILES string of the molecule is Nc1ncc(C(=O)NCCc2ccc(Cl)cc2)cc1Cl. The van der Waals surface area contributed by atoms with Crippen molar-refractivity contribution in [2.45, 2.75) is 6.42 Å². The third kappa shape index (κ3) is 3.85. The van der Waals surface area contributed by atoms with Crippen LogP contribution < -0.4 is 11.1 Å². The minimum atomic E-state index is -0.228. The van der Waals surface area contributed by atoms with Gasteiger partial charge in [-0.3, -0.25) is 4.79 Å². The van der Waals surface area contributed by atoms with Crippen molar-refractivity contribution in [3.63, 3.8) is 0 Å². The zero-order chi connectivity index (χ0) is 14.5. The second-order valence-electron chi connectivity index (χ2n) is 4.22. The number of hydrogen-bond donors (Lipinski definition) is 2. The van der Waals surface area contributed by atoms with E-state index in [1.165, 1.54) is 12.3 Å². The van der Waals surface area contributed by atoms with E-state index in [0.29, 0.717) is 17.1 Å². The monoisotopic (exact) mass is 309 g/mol. The maximum atomic E-state index is 11.9. The molecule has 0 saturated carbocycles. The molecule has 1 heterocycles. The number of aromatic nitrogens is 1. The Morgan fingerprint density at radius 3 is 2.60 bits per heavy atom. The van der Waals surface area contributed by atoms with E-state index < -0.39 is 0 Å². The number of amides is 1. The molecule has 1 aromatic heterocycles. The van der Waals surface area contributed by atoms with Crippen molar-refractivity contribution in [2.75, 3.05) is 12.3 Å². The molecule has 0 aliphatic carbocycles. The molecule has 0 radical (unpaired) electrons. The van der Waals surface area contributed by atoms with Crippen LogP contribution in [-0.2, 0) is 6.42 Å². The van der Waals surface area contributed by atoms with Crippen LogP contribution >= 0.6 is 23.2 Å². The number of anilines is 1. The second-order valence-corrected chi connectivity index (χ2v) is 5.07. The normalized spacial score (nSPS) is 10.3. The summed E-state index contributed by atoms with van der Waals surface area (Å²) in [5, 5.41) is 3.77. The number of nitrogens with zero attached hydrogens (tertiary/aromatic N) is 1. The lowest BCUT2D eigenvalue weighted by atomic mass is 10.1. The molecule has 0 atom stereocenters. The first-order chi connectivity index (χ1) is 9.56. The van der Waals surface area contributed by atoms with Gasteiger partial charge in [0.25, 0.3) is 5.91 Å². The van der Waals surface area contributed by atoms with Crippen LogP contribution in [0.25, 0.3) is 0 Å². The van der Waals surface area contributed by atoms with E-state index in [0.717, 1.165) is 12.0 Å². The summed E-state index contributed by atoms with van der Waals surface area (Å²) in [5.74, 6) is -0.0160. The van der Waals surface area contributed by atoms with Gasteiger partial charge in [-0.15, -0.1) is 0 Å². The van der Waals surface area contributed by atoms with Crippen LogP contribution in [0.2, 0.25) is 10.0 Å². The number of nitrogens with one attached hydrogen (secondary N) is 1. The molecular formula is C14H13Cl2N3O. The molecule has 0 unspecified atom stereocenters. The van der Waals surface area contributed by atoms with Crippen molar-refractivity contribution in [3.05, 3.63) is 57.7 Å². The molecule has 2 rings (SSSR count). The first-order valence-corrected chi connectivity index (χ1v) is 6.75. The molecule has 20 heavy (non-hydrogen) atoms. The maximum Gasteiger partial charge on any atom is 0.252 e. The Morgan fingerprint density at radius 2 is 1.95 bits per heavy atom. The summed E-state index contributed by atoms with van der Waals surface area (Å²) in [6.07, 6.45) is 2.12. The van der Waals surface area contributed by atoms with E-state index in [1.54, 1.807) is 0 Å². The van der Waals surface area contributed by atoms with Crippen LogP contribution in [-0.4, -0.2) is 17.4 Å². The topological polar surface area (TPSA) is 68.0 Å². The van der Waals surface area contributed by atoms with Crippen molar-refractivity contribution in [3.8, 4) is 0 Å². The minimum Gasteiger partial charge on any atom is -0.382 e.